The zero-order chi connectivity index (χ0) is 27.0. The first-order valence-electron chi connectivity index (χ1n) is 12.0. The van der Waals surface area contributed by atoms with Crippen LogP contribution in [0.3, 0.4) is 0 Å². The van der Waals surface area contributed by atoms with Crippen LogP contribution in [0, 0.1) is 0 Å². The van der Waals surface area contributed by atoms with E-state index in [2.05, 4.69) is 0 Å². The van der Waals surface area contributed by atoms with Gasteiger partial charge in [-0.1, -0.05) is 60.7 Å². The van der Waals surface area contributed by atoms with Crippen molar-refractivity contribution in [2.45, 2.75) is 10.3 Å². The van der Waals surface area contributed by atoms with Crippen LogP contribution >= 0.6 is 11.8 Å². The number of hydrogen-bond donors (Lipinski definition) is 0. The summed E-state index contributed by atoms with van der Waals surface area (Å²) in [6, 6.07) is 30.6. The van der Waals surface area contributed by atoms with Gasteiger partial charge in [0.1, 0.15) is 16.0 Å². The highest BCUT2D eigenvalue weighted by Crippen LogP contribution is 2.38. The highest BCUT2D eigenvalue weighted by atomic mass is 32.2. The van der Waals surface area contributed by atoms with Gasteiger partial charge in [-0.15, -0.1) is 11.8 Å². The van der Waals surface area contributed by atoms with Gasteiger partial charge in [-0.3, -0.25) is 9.59 Å². The number of carbonyl (C=O) groups is 1. The fourth-order valence-electron chi connectivity index (χ4n) is 4.42. The van der Waals surface area contributed by atoms with Gasteiger partial charge in [0.25, 0.3) is 11.5 Å². The Morgan fingerprint density at radius 1 is 0.795 bits per heavy atom. The maximum absolute atomic E-state index is 13.9. The summed E-state index contributed by atoms with van der Waals surface area (Å²) in [5.41, 5.74) is 1.50. The highest BCUT2D eigenvalue weighted by Gasteiger charge is 2.37. The van der Waals surface area contributed by atoms with E-state index >= 15 is 0 Å². The van der Waals surface area contributed by atoms with Crippen molar-refractivity contribution < 1.29 is 17.4 Å². The van der Waals surface area contributed by atoms with Crippen LogP contribution in [0.1, 0.15) is 10.9 Å². The lowest BCUT2D eigenvalue weighted by Gasteiger charge is -2.28. The molecule has 0 N–H and O–H groups in total. The van der Waals surface area contributed by atoms with Crippen molar-refractivity contribution in [3.05, 3.63) is 125 Å². The van der Waals surface area contributed by atoms with Crippen molar-refractivity contribution in [1.82, 2.24) is 9.66 Å². The molecule has 5 aromatic rings. The van der Waals surface area contributed by atoms with Crippen LogP contribution in [0.25, 0.3) is 22.3 Å². The van der Waals surface area contributed by atoms with Crippen LogP contribution in [-0.2, 0) is 14.9 Å². The molecule has 1 fully saturated rings. The number of amides is 1. The van der Waals surface area contributed by atoms with Gasteiger partial charge in [0.15, 0.2) is 5.82 Å². The van der Waals surface area contributed by atoms with E-state index in [4.69, 9.17) is 9.17 Å². The van der Waals surface area contributed by atoms with Crippen molar-refractivity contribution in [2.24, 2.45) is 0 Å². The van der Waals surface area contributed by atoms with E-state index in [-0.39, 0.29) is 33.7 Å². The second-order valence-corrected chi connectivity index (χ2v) is 11.4. The van der Waals surface area contributed by atoms with E-state index in [9.17, 15) is 18.0 Å². The SMILES string of the molecule is O=C1CSC(c2ccccc2)N1n1c(-c2ccc(OS(=O)(=O)c3ccccc3)cc2)nc2ccccc2c1=O. The minimum Gasteiger partial charge on any atom is -0.379 e. The number of rotatable bonds is 6. The molecular weight excluding hydrogens is 534 g/mol. The molecule has 0 spiro atoms. The van der Waals surface area contributed by atoms with Crippen LogP contribution in [0.2, 0.25) is 0 Å². The molecule has 1 aliphatic rings. The standard InChI is InChI=1S/C29H21N3O5S2/c33-26-19-38-29(21-9-3-1-4-10-21)31(26)32-27(30-25-14-8-7-13-24(25)28(32)34)20-15-17-22(18-16-20)37-39(35,36)23-11-5-2-6-12-23/h1-18,29H,19H2. The lowest BCUT2D eigenvalue weighted by molar-refractivity contribution is -0.117. The lowest BCUT2D eigenvalue weighted by Crippen LogP contribution is -2.46. The maximum atomic E-state index is 13.9. The fourth-order valence-corrected chi connectivity index (χ4v) is 6.51. The molecule has 2 heterocycles. The fraction of sp³-hybridized carbons (Fsp3) is 0.0690. The Hall–Kier alpha value is -4.41. The van der Waals surface area contributed by atoms with Crippen molar-refractivity contribution in [3.8, 4) is 17.1 Å². The second kappa shape index (κ2) is 10.0. The first-order chi connectivity index (χ1) is 18.9. The predicted molar refractivity (Wildman–Crippen MR) is 151 cm³/mol. The number of benzene rings is 4. The van der Waals surface area contributed by atoms with Crippen LogP contribution < -0.4 is 14.8 Å². The molecule has 10 heteroatoms. The number of para-hydroxylation sites is 1. The Balaban J connectivity index is 1.45. The molecule has 0 bridgehead atoms. The molecule has 1 amide bonds. The smallest absolute Gasteiger partial charge is 0.339 e. The molecule has 0 saturated carbocycles. The van der Waals surface area contributed by atoms with Crippen molar-refractivity contribution in [2.75, 3.05) is 10.8 Å². The van der Waals surface area contributed by atoms with Crippen LogP contribution in [-0.4, -0.2) is 29.7 Å². The molecule has 6 rings (SSSR count). The predicted octanol–water partition coefficient (Wildman–Crippen LogP) is 4.74. The first kappa shape index (κ1) is 24.9. The third-order valence-electron chi connectivity index (χ3n) is 6.25. The van der Waals surface area contributed by atoms with E-state index in [1.807, 2.05) is 30.3 Å². The number of hydrogen-bond acceptors (Lipinski definition) is 7. The molecule has 0 aliphatic carbocycles. The lowest BCUT2D eigenvalue weighted by atomic mass is 10.1. The van der Waals surface area contributed by atoms with Gasteiger partial charge in [-0.05, 0) is 54.1 Å². The zero-order valence-corrected chi connectivity index (χ0v) is 22.0. The summed E-state index contributed by atoms with van der Waals surface area (Å²) in [5.74, 6) is 0.353. The Kier molecular flexibility index (Phi) is 6.41. The van der Waals surface area contributed by atoms with E-state index in [1.165, 1.54) is 45.7 Å². The van der Waals surface area contributed by atoms with Crippen molar-refractivity contribution in [1.29, 1.82) is 0 Å². The summed E-state index contributed by atoms with van der Waals surface area (Å²) in [4.78, 5) is 31.9. The number of carbonyl (C=O) groups excluding carboxylic acids is 1. The number of nitrogens with zero attached hydrogens (tertiary/aromatic N) is 3. The molecule has 0 radical (unpaired) electrons. The molecule has 1 unspecified atom stereocenters. The van der Waals surface area contributed by atoms with Gasteiger partial charge in [-0.25, -0.2) is 9.99 Å². The summed E-state index contributed by atoms with van der Waals surface area (Å²) in [6.45, 7) is 0. The third-order valence-corrected chi connectivity index (χ3v) is 8.71. The average molecular weight is 556 g/mol. The Morgan fingerprint density at radius 2 is 1.44 bits per heavy atom. The van der Waals surface area contributed by atoms with Crippen LogP contribution in [0.15, 0.2) is 119 Å². The van der Waals surface area contributed by atoms with E-state index in [0.717, 1.165) is 5.56 Å². The van der Waals surface area contributed by atoms with E-state index in [1.54, 1.807) is 54.6 Å². The van der Waals surface area contributed by atoms with E-state index < -0.39 is 15.5 Å². The van der Waals surface area contributed by atoms with Gasteiger partial charge in [0.05, 0.1) is 16.7 Å². The second-order valence-electron chi connectivity index (χ2n) is 8.76. The molecule has 1 saturated heterocycles. The molecule has 1 aliphatic heterocycles. The average Bonchev–Trinajstić information content (AvgIpc) is 3.35. The summed E-state index contributed by atoms with van der Waals surface area (Å²) in [6.07, 6.45) is 0. The summed E-state index contributed by atoms with van der Waals surface area (Å²) >= 11 is 1.43. The van der Waals surface area contributed by atoms with Crippen molar-refractivity contribution in [3.63, 3.8) is 0 Å². The summed E-state index contributed by atoms with van der Waals surface area (Å²) < 4.78 is 32.0. The van der Waals surface area contributed by atoms with Crippen LogP contribution in [0.5, 0.6) is 5.75 Å². The maximum Gasteiger partial charge on any atom is 0.339 e. The zero-order valence-electron chi connectivity index (χ0n) is 20.4. The highest BCUT2D eigenvalue weighted by molar-refractivity contribution is 8.00. The third kappa shape index (κ3) is 4.68. The summed E-state index contributed by atoms with van der Waals surface area (Å²) in [7, 11) is -4.02. The number of thioether (sulfide) groups is 1. The Morgan fingerprint density at radius 3 is 2.15 bits per heavy atom. The molecule has 8 nitrogen and oxygen atoms in total. The van der Waals surface area contributed by atoms with Crippen molar-refractivity contribution >= 4 is 38.7 Å². The molecule has 194 valence electrons. The van der Waals surface area contributed by atoms with E-state index in [0.29, 0.717) is 16.5 Å². The van der Waals surface area contributed by atoms with Gasteiger partial charge < -0.3 is 4.18 Å². The van der Waals surface area contributed by atoms with Gasteiger partial charge in [0, 0.05) is 5.56 Å². The van der Waals surface area contributed by atoms with Crippen LogP contribution in [0.4, 0.5) is 0 Å². The minimum atomic E-state index is -4.02. The van der Waals surface area contributed by atoms with Gasteiger partial charge >= 0.3 is 10.1 Å². The monoisotopic (exact) mass is 555 g/mol. The quantitative estimate of drug-likeness (QED) is 0.279. The van der Waals surface area contributed by atoms with Gasteiger partial charge in [0.2, 0.25) is 0 Å². The largest absolute Gasteiger partial charge is 0.379 e. The topological polar surface area (TPSA) is 98.6 Å². The first-order valence-corrected chi connectivity index (χ1v) is 14.5. The van der Waals surface area contributed by atoms with Gasteiger partial charge in [-0.2, -0.15) is 13.1 Å². The number of aromatic nitrogens is 2. The summed E-state index contributed by atoms with van der Waals surface area (Å²) in [5, 5.41) is 1.42. The number of fused-ring (bicyclic) bond motifs is 1. The molecule has 39 heavy (non-hydrogen) atoms. The Bertz CT molecular complexity index is 1840. The molecule has 4 aromatic carbocycles. The Labute approximate surface area is 228 Å². The molecule has 1 atom stereocenters. The molecule has 1 aromatic heterocycles. The normalized spacial score (nSPS) is 15.5. The molecular formula is C29H21N3O5S2. The minimum absolute atomic E-state index is 0.0381.